The Kier molecular flexibility index (Phi) is 7.61. The topological polar surface area (TPSA) is 109 Å². The number of anilines is 1. The van der Waals surface area contributed by atoms with E-state index in [1.165, 1.54) is 11.8 Å². The van der Waals surface area contributed by atoms with Crippen LogP contribution in [-0.2, 0) is 20.8 Å². The molecule has 0 atom stereocenters. The number of ether oxygens (including phenoxy) is 1. The number of aryl methyl sites for hydroxylation is 1. The van der Waals surface area contributed by atoms with Gasteiger partial charge in [-0.1, -0.05) is 30.7 Å². The summed E-state index contributed by atoms with van der Waals surface area (Å²) in [5, 5.41) is 9.35. The lowest BCUT2D eigenvalue weighted by Crippen LogP contribution is -2.38. The van der Waals surface area contributed by atoms with E-state index < -0.39 is 11.8 Å². The predicted octanol–water partition coefficient (Wildman–Crippen LogP) is 2.65. The molecule has 8 nitrogen and oxygen atoms in total. The minimum absolute atomic E-state index is 0.0947. The second-order valence-corrected chi connectivity index (χ2v) is 7.43. The highest BCUT2D eigenvalue weighted by Crippen LogP contribution is 2.25. The number of nitrogens with one attached hydrogen (secondary N) is 3. The van der Waals surface area contributed by atoms with Crippen molar-refractivity contribution in [2.45, 2.75) is 32.2 Å². The Morgan fingerprint density at radius 2 is 1.87 bits per heavy atom. The van der Waals surface area contributed by atoms with Crippen LogP contribution in [0.2, 0.25) is 5.02 Å². The molecule has 1 aliphatic carbocycles. The number of hydrazone groups is 1. The first-order valence-electron chi connectivity index (χ1n) is 9.89. The zero-order chi connectivity index (χ0) is 22.2. The molecule has 0 aliphatic heterocycles. The van der Waals surface area contributed by atoms with E-state index in [4.69, 9.17) is 16.3 Å². The van der Waals surface area contributed by atoms with Gasteiger partial charge < -0.3 is 15.4 Å². The first-order chi connectivity index (χ1) is 14.9. The van der Waals surface area contributed by atoms with Gasteiger partial charge in [-0.25, -0.2) is 5.43 Å². The van der Waals surface area contributed by atoms with Crippen LogP contribution in [0.25, 0.3) is 0 Å². The van der Waals surface area contributed by atoms with Crippen LogP contribution in [-0.4, -0.2) is 36.6 Å². The van der Waals surface area contributed by atoms with Gasteiger partial charge >= 0.3 is 11.8 Å². The summed E-state index contributed by atoms with van der Waals surface area (Å²) in [6.07, 6.45) is 4.06. The van der Waals surface area contributed by atoms with Crippen molar-refractivity contribution in [3.05, 3.63) is 58.6 Å². The molecule has 0 aromatic heterocycles. The van der Waals surface area contributed by atoms with Crippen molar-refractivity contribution >= 4 is 41.2 Å². The number of amides is 3. The number of rotatable bonds is 8. The van der Waals surface area contributed by atoms with Crippen LogP contribution in [0, 0.1) is 0 Å². The number of carbonyl (C=O) groups excluding carboxylic acids is 3. The molecule has 0 saturated heterocycles. The van der Waals surface area contributed by atoms with E-state index in [9.17, 15) is 14.4 Å². The van der Waals surface area contributed by atoms with Crippen LogP contribution >= 0.6 is 11.6 Å². The molecule has 3 amide bonds. The molecule has 1 aliphatic rings. The van der Waals surface area contributed by atoms with Crippen molar-refractivity contribution in [2.75, 3.05) is 11.9 Å². The predicted molar refractivity (Wildman–Crippen MR) is 118 cm³/mol. The van der Waals surface area contributed by atoms with Crippen LogP contribution in [0.4, 0.5) is 5.69 Å². The van der Waals surface area contributed by atoms with E-state index in [1.807, 2.05) is 24.3 Å². The van der Waals surface area contributed by atoms with Crippen LogP contribution in [0.1, 0.15) is 30.9 Å². The molecule has 2 aromatic carbocycles. The van der Waals surface area contributed by atoms with Gasteiger partial charge in [-0.05, 0) is 60.7 Å². The second kappa shape index (κ2) is 10.6. The van der Waals surface area contributed by atoms with Gasteiger partial charge in [0.2, 0.25) is 0 Å². The van der Waals surface area contributed by atoms with Gasteiger partial charge in [-0.2, -0.15) is 5.10 Å². The summed E-state index contributed by atoms with van der Waals surface area (Å²) in [7, 11) is 0. The summed E-state index contributed by atoms with van der Waals surface area (Å²) in [5.41, 5.74) is 4.62. The Labute approximate surface area is 185 Å². The average Bonchev–Trinajstić information content (AvgIpc) is 3.57. The Balaban J connectivity index is 1.46. The zero-order valence-electron chi connectivity index (χ0n) is 17.0. The zero-order valence-corrected chi connectivity index (χ0v) is 17.7. The number of hydrogen-bond acceptors (Lipinski definition) is 5. The maximum Gasteiger partial charge on any atom is 0.329 e. The summed E-state index contributed by atoms with van der Waals surface area (Å²) in [6.45, 7) is 1.86. The highest BCUT2D eigenvalue weighted by molar-refractivity contribution is 6.35. The van der Waals surface area contributed by atoms with Crippen molar-refractivity contribution < 1.29 is 19.1 Å². The second-order valence-electron chi connectivity index (χ2n) is 7.02. The third kappa shape index (κ3) is 7.11. The van der Waals surface area contributed by atoms with Crippen LogP contribution in [0.3, 0.4) is 0 Å². The van der Waals surface area contributed by atoms with Crippen molar-refractivity contribution in [3.63, 3.8) is 0 Å². The molecule has 0 bridgehead atoms. The smallest absolute Gasteiger partial charge is 0.329 e. The molecule has 1 fully saturated rings. The molecule has 9 heteroatoms. The fraction of sp³-hybridized carbons (Fsp3) is 0.273. The lowest BCUT2D eigenvalue weighted by atomic mass is 10.1. The van der Waals surface area contributed by atoms with Gasteiger partial charge in [0.05, 0.1) is 11.2 Å². The minimum Gasteiger partial charge on any atom is -0.482 e. The standard InChI is InChI=1S/C22H23ClN4O4/c1-2-14-3-6-16(7-4-14)25-20(28)13-31-19-10-5-15(11-18(19)23)12-24-27-22(30)21(29)26-17-8-9-17/h3-7,10-12,17H,2,8-9,13H2,1H3,(H,25,28)(H,26,29)(H,27,30)/b24-12-. The van der Waals surface area contributed by atoms with Gasteiger partial charge in [-0.15, -0.1) is 0 Å². The summed E-state index contributed by atoms with van der Waals surface area (Å²) >= 11 is 6.19. The third-order valence-electron chi connectivity index (χ3n) is 4.46. The molecule has 3 rings (SSSR count). The van der Waals surface area contributed by atoms with Crippen LogP contribution in [0.5, 0.6) is 5.75 Å². The van der Waals surface area contributed by atoms with Crippen LogP contribution < -0.4 is 20.8 Å². The fourth-order valence-electron chi connectivity index (χ4n) is 2.57. The van der Waals surface area contributed by atoms with Gasteiger partial charge in [-0.3, -0.25) is 14.4 Å². The summed E-state index contributed by atoms with van der Waals surface area (Å²) in [4.78, 5) is 35.2. The average molecular weight is 443 g/mol. The van der Waals surface area contributed by atoms with Gasteiger partial charge in [0.1, 0.15) is 5.75 Å². The number of halogens is 1. The molecule has 1 saturated carbocycles. The van der Waals surface area contributed by atoms with E-state index in [0.717, 1.165) is 19.3 Å². The molecule has 31 heavy (non-hydrogen) atoms. The third-order valence-corrected chi connectivity index (χ3v) is 4.75. The molecule has 3 N–H and O–H groups in total. The molecule has 0 radical (unpaired) electrons. The normalized spacial score (nSPS) is 13.0. The number of nitrogens with zero attached hydrogens (tertiary/aromatic N) is 1. The Bertz CT molecular complexity index is 988. The summed E-state index contributed by atoms with van der Waals surface area (Å²) in [5.74, 6) is -1.51. The Morgan fingerprint density at radius 3 is 2.52 bits per heavy atom. The number of hydrogen-bond donors (Lipinski definition) is 3. The first-order valence-corrected chi connectivity index (χ1v) is 10.3. The largest absolute Gasteiger partial charge is 0.482 e. The first kappa shape index (κ1) is 22.3. The van der Waals surface area contributed by atoms with Gasteiger partial charge in [0, 0.05) is 11.7 Å². The van der Waals surface area contributed by atoms with E-state index >= 15 is 0 Å². The number of benzene rings is 2. The summed E-state index contributed by atoms with van der Waals surface area (Å²) < 4.78 is 5.48. The molecular formula is C22H23ClN4O4. The quantitative estimate of drug-likeness (QED) is 0.331. The molecule has 0 heterocycles. The Morgan fingerprint density at radius 1 is 1.13 bits per heavy atom. The van der Waals surface area contributed by atoms with Crippen molar-refractivity contribution in [1.29, 1.82) is 0 Å². The highest BCUT2D eigenvalue weighted by Gasteiger charge is 2.26. The lowest BCUT2D eigenvalue weighted by Gasteiger charge is -2.09. The molecule has 0 spiro atoms. The van der Waals surface area contributed by atoms with Crippen molar-refractivity contribution in [1.82, 2.24) is 10.7 Å². The maximum absolute atomic E-state index is 12.1. The van der Waals surface area contributed by atoms with E-state index in [1.54, 1.807) is 18.2 Å². The fourth-order valence-corrected chi connectivity index (χ4v) is 2.82. The minimum atomic E-state index is -0.829. The summed E-state index contributed by atoms with van der Waals surface area (Å²) in [6, 6.07) is 12.5. The van der Waals surface area contributed by atoms with Crippen molar-refractivity contribution in [3.8, 4) is 5.75 Å². The van der Waals surface area contributed by atoms with Crippen LogP contribution in [0.15, 0.2) is 47.6 Å². The SMILES string of the molecule is CCc1ccc(NC(=O)COc2ccc(/C=N\NC(=O)C(=O)NC3CC3)cc2Cl)cc1. The van der Waals surface area contributed by atoms with Gasteiger partial charge in [0.25, 0.3) is 5.91 Å². The van der Waals surface area contributed by atoms with Crippen molar-refractivity contribution in [2.24, 2.45) is 5.10 Å². The van der Waals surface area contributed by atoms with Gasteiger partial charge in [0.15, 0.2) is 6.61 Å². The molecule has 2 aromatic rings. The van der Waals surface area contributed by atoms with E-state index in [-0.39, 0.29) is 23.6 Å². The van der Waals surface area contributed by atoms with E-state index in [0.29, 0.717) is 17.0 Å². The molecule has 0 unspecified atom stereocenters. The molecular weight excluding hydrogens is 420 g/mol. The highest BCUT2D eigenvalue weighted by atomic mass is 35.5. The lowest BCUT2D eigenvalue weighted by molar-refractivity contribution is -0.139. The maximum atomic E-state index is 12.1. The number of carbonyl (C=O) groups is 3. The Hall–Kier alpha value is -3.39. The molecule has 162 valence electrons. The van der Waals surface area contributed by atoms with E-state index in [2.05, 4.69) is 28.1 Å². The monoisotopic (exact) mass is 442 g/mol.